The van der Waals surface area contributed by atoms with E-state index < -0.39 is 0 Å². The smallest absolute Gasteiger partial charge is 0.262 e. The van der Waals surface area contributed by atoms with Gasteiger partial charge in [-0.3, -0.25) is 18.8 Å². The van der Waals surface area contributed by atoms with E-state index in [9.17, 15) is 9.59 Å². The van der Waals surface area contributed by atoms with Crippen molar-refractivity contribution in [1.29, 1.82) is 0 Å². The molecule has 0 saturated heterocycles. The number of hydrogen-bond donors (Lipinski definition) is 1. The van der Waals surface area contributed by atoms with Crippen LogP contribution in [-0.4, -0.2) is 31.0 Å². The van der Waals surface area contributed by atoms with E-state index >= 15 is 0 Å². The average Bonchev–Trinajstić information content (AvgIpc) is 3.00. The number of rotatable bonds is 4. The summed E-state index contributed by atoms with van der Waals surface area (Å²) >= 11 is 2.77. The summed E-state index contributed by atoms with van der Waals surface area (Å²) in [5.74, 6) is 0.0187. The first-order valence-corrected chi connectivity index (χ1v) is 9.90. The second-order valence-corrected chi connectivity index (χ2v) is 8.37. The Kier molecular flexibility index (Phi) is 4.94. The molecule has 1 amide bonds. The quantitative estimate of drug-likeness (QED) is 0.546. The van der Waals surface area contributed by atoms with Crippen LogP contribution in [0.4, 0.5) is 5.69 Å². The molecule has 1 N–H and O–H groups in total. The fourth-order valence-corrected chi connectivity index (χ4v) is 4.59. The van der Waals surface area contributed by atoms with E-state index in [1.54, 1.807) is 11.7 Å². The molecule has 9 heteroatoms. The summed E-state index contributed by atoms with van der Waals surface area (Å²) in [6, 6.07) is 0. The number of hydrogen-bond acceptors (Lipinski definition) is 6. The minimum Gasteiger partial charge on any atom is -0.322 e. The summed E-state index contributed by atoms with van der Waals surface area (Å²) < 4.78 is 3.25. The predicted octanol–water partition coefficient (Wildman–Crippen LogP) is 2.69. The van der Waals surface area contributed by atoms with Crippen molar-refractivity contribution in [2.45, 2.75) is 32.9 Å². The van der Waals surface area contributed by atoms with Gasteiger partial charge in [-0.15, -0.1) is 11.3 Å². The highest BCUT2D eigenvalue weighted by atomic mass is 32.2. The van der Waals surface area contributed by atoms with Gasteiger partial charge in [0.05, 0.1) is 28.2 Å². The molecular formula is C17H21N5O2S2. The maximum atomic E-state index is 12.6. The highest BCUT2D eigenvalue weighted by molar-refractivity contribution is 7.99. The molecular weight excluding hydrogens is 370 g/mol. The Morgan fingerprint density at radius 1 is 1.23 bits per heavy atom. The van der Waals surface area contributed by atoms with Crippen LogP contribution in [0.1, 0.15) is 21.8 Å². The number of amides is 1. The number of nitrogens with zero attached hydrogens (tertiary/aromatic N) is 4. The number of carbonyl (C=O) groups is 1. The van der Waals surface area contributed by atoms with Crippen LogP contribution >= 0.6 is 23.1 Å². The number of anilines is 1. The van der Waals surface area contributed by atoms with Crippen molar-refractivity contribution >= 4 is 44.9 Å². The number of thioether (sulfide) groups is 1. The van der Waals surface area contributed by atoms with Gasteiger partial charge >= 0.3 is 0 Å². The lowest BCUT2D eigenvalue weighted by atomic mass is 10.2. The molecule has 0 saturated carbocycles. The predicted molar refractivity (Wildman–Crippen MR) is 106 cm³/mol. The number of fused-ring (bicyclic) bond motifs is 1. The summed E-state index contributed by atoms with van der Waals surface area (Å²) in [6.07, 6.45) is 0. The van der Waals surface area contributed by atoms with Crippen molar-refractivity contribution in [2.24, 2.45) is 14.1 Å². The number of aromatic nitrogens is 4. The van der Waals surface area contributed by atoms with Gasteiger partial charge in [0.15, 0.2) is 5.16 Å². The molecule has 3 heterocycles. The molecule has 0 radical (unpaired) electrons. The number of thiophene rings is 1. The zero-order chi connectivity index (χ0) is 19.2. The van der Waals surface area contributed by atoms with Crippen LogP contribution in [0.5, 0.6) is 0 Å². The van der Waals surface area contributed by atoms with Gasteiger partial charge in [0.1, 0.15) is 4.83 Å². The third-order valence-electron chi connectivity index (χ3n) is 4.48. The lowest BCUT2D eigenvalue weighted by Crippen LogP contribution is -2.21. The van der Waals surface area contributed by atoms with E-state index in [1.807, 2.05) is 34.7 Å². The van der Waals surface area contributed by atoms with Gasteiger partial charge in [0.2, 0.25) is 5.91 Å². The molecule has 138 valence electrons. The molecule has 0 aliphatic heterocycles. The van der Waals surface area contributed by atoms with E-state index in [2.05, 4.69) is 15.4 Å². The topological polar surface area (TPSA) is 81.8 Å². The van der Waals surface area contributed by atoms with Crippen molar-refractivity contribution in [3.8, 4) is 0 Å². The fraction of sp³-hybridized carbons (Fsp3) is 0.412. The first-order valence-electron chi connectivity index (χ1n) is 8.10. The van der Waals surface area contributed by atoms with Gasteiger partial charge in [0, 0.05) is 19.0 Å². The Labute approximate surface area is 159 Å². The van der Waals surface area contributed by atoms with Crippen LogP contribution < -0.4 is 10.9 Å². The van der Waals surface area contributed by atoms with Crippen molar-refractivity contribution in [3.05, 3.63) is 32.2 Å². The Morgan fingerprint density at radius 2 is 1.92 bits per heavy atom. The zero-order valence-electron chi connectivity index (χ0n) is 15.6. The lowest BCUT2D eigenvalue weighted by molar-refractivity contribution is -0.113. The average molecular weight is 392 g/mol. The molecule has 0 fully saturated rings. The highest BCUT2D eigenvalue weighted by Crippen LogP contribution is 2.28. The summed E-state index contributed by atoms with van der Waals surface area (Å²) in [7, 11) is 3.53. The van der Waals surface area contributed by atoms with Crippen molar-refractivity contribution < 1.29 is 4.79 Å². The number of carbonyl (C=O) groups excluding carboxylic acids is 1. The van der Waals surface area contributed by atoms with E-state index in [0.29, 0.717) is 10.5 Å². The molecule has 7 nitrogen and oxygen atoms in total. The Hall–Kier alpha value is -2.13. The lowest BCUT2D eigenvalue weighted by Gasteiger charge is -2.08. The van der Waals surface area contributed by atoms with E-state index in [-0.39, 0.29) is 17.2 Å². The summed E-state index contributed by atoms with van der Waals surface area (Å²) in [4.78, 5) is 31.4. The second-order valence-electron chi connectivity index (χ2n) is 6.23. The molecule has 0 bridgehead atoms. The van der Waals surface area contributed by atoms with E-state index in [4.69, 9.17) is 0 Å². The molecule has 0 aromatic carbocycles. The highest BCUT2D eigenvalue weighted by Gasteiger charge is 2.17. The minimum absolute atomic E-state index is 0.0706. The van der Waals surface area contributed by atoms with Gasteiger partial charge < -0.3 is 5.32 Å². The first-order chi connectivity index (χ1) is 12.2. The largest absolute Gasteiger partial charge is 0.322 e. The Morgan fingerprint density at radius 3 is 2.54 bits per heavy atom. The standard InChI is InChI=1S/C17H21N5O2S2/c1-8-11(4)26-15-13(8)16(24)21(5)17(19-15)25-7-12(23)18-14-9(2)20-22(6)10(14)3/h7H2,1-6H3,(H,18,23). The maximum Gasteiger partial charge on any atom is 0.262 e. The van der Waals surface area contributed by atoms with Crippen LogP contribution in [0, 0.1) is 27.7 Å². The van der Waals surface area contributed by atoms with Gasteiger partial charge in [0.25, 0.3) is 5.56 Å². The van der Waals surface area contributed by atoms with Gasteiger partial charge in [-0.1, -0.05) is 11.8 Å². The third-order valence-corrected chi connectivity index (χ3v) is 6.61. The second kappa shape index (κ2) is 6.88. The number of aryl methyl sites for hydroxylation is 4. The zero-order valence-corrected chi connectivity index (χ0v) is 17.3. The van der Waals surface area contributed by atoms with Crippen LogP contribution in [0.15, 0.2) is 9.95 Å². The van der Waals surface area contributed by atoms with Crippen LogP contribution in [0.3, 0.4) is 0 Å². The summed E-state index contributed by atoms with van der Waals surface area (Å²) in [6.45, 7) is 7.69. The van der Waals surface area contributed by atoms with E-state index in [1.165, 1.54) is 27.7 Å². The van der Waals surface area contributed by atoms with Crippen LogP contribution in [-0.2, 0) is 18.9 Å². The number of nitrogens with one attached hydrogen (secondary N) is 1. The molecule has 3 aromatic heterocycles. The minimum atomic E-state index is -0.151. The molecule has 0 aliphatic carbocycles. The monoisotopic (exact) mass is 391 g/mol. The normalized spacial score (nSPS) is 11.3. The van der Waals surface area contributed by atoms with Gasteiger partial charge in [-0.05, 0) is 33.3 Å². The maximum absolute atomic E-state index is 12.6. The molecule has 3 aromatic rings. The molecule has 0 spiro atoms. The SMILES string of the molecule is Cc1nn(C)c(C)c1NC(=O)CSc1nc2sc(C)c(C)c2c(=O)n1C. The molecule has 3 rings (SSSR count). The summed E-state index contributed by atoms with van der Waals surface area (Å²) in [5, 5.41) is 8.40. The molecule has 0 atom stereocenters. The first kappa shape index (κ1) is 18.7. The Balaban J connectivity index is 1.80. The Bertz CT molecular complexity index is 1080. The van der Waals surface area contributed by atoms with Crippen molar-refractivity contribution in [3.63, 3.8) is 0 Å². The van der Waals surface area contributed by atoms with Crippen LogP contribution in [0.2, 0.25) is 0 Å². The third kappa shape index (κ3) is 3.16. The van der Waals surface area contributed by atoms with E-state index in [0.717, 1.165) is 32.3 Å². The molecule has 0 aliphatic rings. The molecule has 0 unspecified atom stereocenters. The van der Waals surface area contributed by atoms with Crippen LogP contribution in [0.25, 0.3) is 10.2 Å². The van der Waals surface area contributed by atoms with Gasteiger partial charge in [-0.2, -0.15) is 5.10 Å². The molecule has 26 heavy (non-hydrogen) atoms. The summed E-state index contributed by atoms with van der Waals surface area (Å²) in [5.41, 5.74) is 3.32. The van der Waals surface area contributed by atoms with Gasteiger partial charge in [-0.25, -0.2) is 4.98 Å². The van der Waals surface area contributed by atoms with Crippen molar-refractivity contribution in [2.75, 3.05) is 11.1 Å². The van der Waals surface area contributed by atoms with Crippen molar-refractivity contribution in [1.82, 2.24) is 19.3 Å². The fourth-order valence-electron chi connectivity index (χ4n) is 2.75.